The van der Waals surface area contributed by atoms with Gasteiger partial charge in [-0.2, -0.15) is 0 Å². The van der Waals surface area contributed by atoms with Crippen LogP contribution in [-0.2, 0) is 4.74 Å². The summed E-state index contributed by atoms with van der Waals surface area (Å²) < 4.78 is 47.5. The molecule has 3 aromatic rings. The van der Waals surface area contributed by atoms with Crippen molar-refractivity contribution in [2.24, 2.45) is 0 Å². The van der Waals surface area contributed by atoms with Crippen molar-refractivity contribution in [3.05, 3.63) is 81.9 Å². The van der Waals surface area contributed by atoms with Gasteiger partial charge in [-0.05, 0) is 48.6 Å². The molecular formula is C29H29BF3KN2O3. The van der Waals surface area contributed by atoms with Crippen LogP contribution in [0.25, 0.3) is 11.1 Å². The van der Waals surface area contributed by atoms with Gasteiger partial charge in [-0.3, -0.25) is 4.79 Å². The fraction of sp³-hybridized carbons (Fsp3) is 0.310. The predicted octanol–water partition coefficient (Wildman–Crippen LogP) is 2.55. The quantitative estimate of drug-likeness (QED) is 0.356. The minimum atomic E-state index is -5.29. The Hall–Kier alpha value is -2.11. The van der Waals surface area contributed by atoms with Gasteiger partial charge in [0.25, 0.3) is 0 Å². The summed E-state index contributed by atoms with van der Waals surface area (Å²) in [5, 5.41) is 0. The number of hydrogen-bond acceptors (Lipinski definition) is 4. The molecule has 0 atom stereocenters. The standard InChI is InChI=1S/C29H29BF3N2O3.K/c1-18-25(16-36)19(2)28(20(3)27(18)30(31,32)33)34-12-14-35(15-13-34)29(37)38-17-26-23-10-6-4-8-21(23)22-9-5-7-11-24(22)26;/h4-11,16,26H,12-15,17H2,1-3H3;/q-1;+1. The van der Waals surface area contributed by atoms with Crippen LogP contribution in [0.15, 0.2) is 48.5 Å². The van der Waals surface area contributed by atoms with Gasteiger partial charge in [0.15, 0.2) is 6.29 Å². The van der Waals surface area contributed by atoms with Crippen LogP contribution in [0.1, 0.15) is 44.1 Å². The molecule has 10 heteroatoms. The molecule has 0 saturated carbocycles. The van der Waals surface area contributed by atoms with E-state index in [0.29, 0.717) is 43.7 Å². The number of rotatable bonds is 5. The van der Waals surface area contributed by atoms with E-state index in [-0.39, 0.29) is 80.6 Å². The van der Waals surface area contributed by atoms with E-state index in [1.807, 2.05) is 29.2 Å². The van der Waals surface area contributed by atoms with E-state index in [2.05, 4.69) is 24.3 Å². The van der Waals surface area contributed by atoms with Crippen LogP contribution in [0.2, 0.25) is 0 Å². The first kappa shape index (κ1) is 29.9. The SMILES string of the molecule is Cc1c(C=O)c(C)c([B-](F)(F)F)c(C)c1N1CCN(C(=O)OCC2c3ccccc3-c3ccccc32)CC1.[K+]. The van der Waals surface area contributed by atoms with Gasteiger partial charge in [0.1, 0.15) is 6.61 Å². The first-order valence-corrected chi connectivity index (χ1v) is 12.8. The molecular weight excluding hydrogens is 531 g/mol. The van der Waals surface area contributed by atoms with Crippen molar-refractivity contribution < 1.29 is 78.7 Å². The predicted molar refractivity (Wildman–Crippen MR) is 144 cm³/mol. The summed E-state index contributed by atoms with van der Waals surface area (Å²) in [4.78, 5) is 28.1. The third-order valence-corrected chi connectivity index (χ3v) is 7.96. The Labute approximate surface area is 269 Å². The number of piperazine rings is 1. The van der Waals surface area contributed by atoms with Crippen molar-refractivity contribution in [1.82, 2.24) is 4.90 Å². The van der Waals surface area contributed by atoms with E-state index in [9.17, 15) is 22.5 Å². The fourth-order valence-electron chi connectivity index (χ4n) is 6.18. The van der Waals surface area contributed by atoms with E-state index in [4.69, 9.17) is 4.74 Å². The van der Waals surface area contributed by atoms with Crippen LogP contribution in [-0.4, -0.2) is 57.0 Å². The summed E-state index contributed by atoms with van der Waals surface area (Å²) in [6.45, 7) is 0.740. The van der Waals surface area contributed by atoms with Crippen molar-refractivity contribution in [3.63, 3.8) is 0 Å². The van der Waals surface area contributed by atoms with E-state index < -0.39 is 18.5 Å². The fourth-order valence-corrected chi connectivity index (χ4v) is 6.18. The largest absolute Gasteiger partial charge is 1.00 e. The number of amides is 1. The molecule has 1 heterocycles. The summed E-state index contributed by atoms with van der Waals surface area (Å²) in [6, 6.07) is 16.2. The first-order valence-electron chi connectivity index (χ1n) is 12.8. The number of nitrogens with zero attached hydrogens (tertiary/aromatic N) is 2. The minimum absolute atomic E-state index is 0. The molecule has 198 valence electrons. The number of halogens is 3. The van der Waals surface area contributed by atoms with Crippen LogP contribution in [0.3, 0.4) is 0 Å². The molecule has 5 nitrogen and oxygen atoms in total. The number of carbonyl (C=O) groups excluding carboxylic acids is 2. The monoisotopic (exact) mass is 560 g/mol. The number of fused-ring (bicyclic) bond motifs is 3. The van der Waals surface area contributed by atoms with Gasteiger partial charge in [0.05, 0.1) is 0 Å². The Morgan fingerprint density at radius 3 is 1.95 bits per heavy atom. The zero-order valence-corrected chi connectivity index (χ0v) is 25.8. The minimum Gasteiger partial charge on any atom is -0.448 e. The topological polar surface area (TPSA) is 49.9 Å². The van der Waals surface area contributed by atoms with Gasteiger partial charge in [-0.25, -0.2) is 4.79 Å². The van der Waals surface area contributed by atoms with Crippen molar-refractivity contribution >= 4 is 30.5 Å². The molecule has 0 bridgehead atoms. The third kappa shape index (κ3) is 5.46. The maximum absolute atomic E-state index is 13.9. The molecule has 2 aliphatic rings. The molecule has 1 aliphatic heterocycles. The smallest absolute Gasteiger partial charge is 0.448 e. The van der Waals surface area contributed by atoms with Gasteiger partial charge >= 0.3 is 64.5 Å². The number of aldehydes is 1. The molecule has 3 aromatic carbocycles. The van der Waals surface area contributed by atoms with Gasteiger partial charge < -0.3 is 27.5 Å². The Balaban J connectivity index is 0.00000353. The molecule has 39 heavy (non-hydrogen) atoms. The second kappa shape index (κ2) is 11.8. The maximum atomic E-state index is 13.9. The number of carbonyl (C=O) groups is 2. The van der Waals surface area contributed by atoms with Crippen molar-refractivity contribution in [3.8, 4) is 11.1 Å². The molecule has 5 rings (SSSR count). The van der Waals surface area contributed by atoms with Crippen LogP contribution in [0.5, 0.6) is 0 Å². The Morgan fingerprint density at radius 1 is 0.897 bits per heavy atom. The van der Waals surface area contributed by atoms with Crippen LogP contribution < -0.4 is 61.7 Å². The average Bonchev–Trinajstić information content (AvgIpc) is 3.21. The van der Waals surface area contributed by atoms with Crippen molar-refractivity contribution in [2.45, 2.75) is 26.7 Å². The second-order valence-electron chi connectivity index (χ2n) is 10.0. The maximum Gasteiger partial charge on any atom is 1.00 e. The molecule has 0 spiro atoms. The number of benzene rings is 3. The summed E-state index contributed by atoms with van der Waals surface area (Å²) in [7, 11) is 0. The van der Waals surface area contributed by atoms with Gasteiger partial charge in [0, 0.05) is 43.3 Å². The van der Waals surface area contributed by atoms with Crippen molar-refractivity contribution in [2.75, 3.05) is 37.7 Å². The zero-order chi connectivity index (χ0) is 27.2. The molecule has 1 fully saturated rings. The molecule has 1 saturated heterocycles. The average molecular weight is 560 g/mol. The first-order chi connectivity index (χ1) is 18.1. The Bertz CT molecular complexity index is 1380. The van der Waals surface area contributed by atoms with E-state index in [0.717, 1.165) is 22.3 Å². The molecule has 0 radical (unpaired) electrons. The molecule has 1 aliphatic carbocycles. The summed E-state index contributed by atoms with van der Waals surface area (Å²) in [6.07, 6.45) is 0.0723. The van der Waals surface area contributed by atoms with Crippen LogP contribution in [0, 0.1) is 20.8 Å². The normalized spacial score (nSPS) is 14.9. The third-order valence-electron chi connectivity index (χ3n) is 7.96. The summed E-state index contributed by atoms with van der Waals surface area (Å²) >= 11 is 0. The number of hydrogen-bond donors (Lipinski definition) is 0. The molecule has 0 aromatic heterocycles. The van der Waals surface area contributed by atoms with Gasteiger partial charge in [0.2, 0.25) is 0 Å². The summed E-state index contributed by atoms with van der Waals surface area (Å²) in [5.74, 6) is -0.0464. The molecule has 0 unspecified atom stereocenters. The van der Waals surface area contributed by atoms with Crippen molar-refractivity contribution in [1.29, 1.82) is 0 Å². The zero-order valence-electron chi connectivity index (χ0n) is 22.6. The Kier molecular flexibility index (Phi) is 9.02. The molecule has 1 amide bonds. The van der Waals surface area contributed by atoms with Crippen LogP contribution >= 0.6 is 0 Å². The van der Waals surface area contributed by atoms with Crippen LogP contribution in [0.4, 0.5) is 23.4 Å². The number of ether oxygens (including phenoxy) is 1. The van der Waals surface area contributed by atoms with Gasteiger partial charge in [-0.15, -0.1) is 0 Å². The molecule has 0 N–H and O–H groups in total. The summed E-state index contributed by atoms with van der Waals surface area (Å²) in [5.41, 5.74) is 5.01. The second-order valence-corrected chi connectivity index (χ2v) is 10.0. The Morgan fingerprint density at radius 2 is 1.44 bits per heavy atom. The van der Waals surface area contributed by atoms with E-state index in [1.54, 1.807) is 11.8 Å². The van der Waals surface area contributed by atoms with E-state index in [1.165, 1.54) is 13.8 Å². The van der Waals surface area contributed by atoms with Gasteiger partial charge in [-0.1, -0.05) is 65.1 Å². The van der Waals surface area contributed by atoms with E-state index >= 15 is 0 Å². The number of anilines is 1.